The molecule has 2 nitrogen and oxygen atoms in total. The Bertz CT molecular complexity index is 411. The monoisotopic (exact) mass is 249 g/mol. The standard InChI is InChI=1S/C15H20FNO/c16-14-4-2-1-3-13(14)15(10-18-11-15)9-12-5-7-17-8-6-12/h1-4,12,17H,5-11H2. The first-order valence-corrected chi connectivity index (χ1v) is 6.84. The molecule has 0 bridgehead atoms. The summed E-state index contributed by atoms with van der Waals surface area (Å²) >= 11 is 0. The Morgan fingerprint density at radius 3 is 2.56 bits per heavy atom. The summed E-state index contributed by atoms with van der Waals surface area (Å²) in [5, 5.41) is 3.38. The number of halogens is 1. The van der Waals surface area contributed by atoms with Gasteiger partial charge in [-0.2, -0.15) is 0 Å². The fourth-order valence-corrected chi connectivity index (χ4v) is 3.26. The molecule has 1 aromatic carbocycles. The Kier molecular flexibility index (Phi) is 3.35. The average molecular weight is 249 g/mol. The molecule has 0 radical (unpaired) electrons. The molecule has 0 atom stereocenters. The zero-order valence-corrected chi connectivity index (χ0v) is 10.6. The van der Waals surface area contributed by atoms with Crippen LogP contribution in [0.25, 0.3) is 0 Å². The topological polar surface area (TPSA) is 21.3 Å². The van der Waals surface area contributed by atoms with E-state index in [0.29, 0.717) is 19.1 Å². The smallest absolute Gasteiger partial charge is 0.127 e. The number of ether oxygens (including phenoxy) is 1. The van der Waals surface area contributed by atoms with E-state index in [1.165, 1.54) is 12.8 Å². The summed E-state index contributed by atoms with van der Waals surface area (Å²) in [5.41, 5.74) is 0.794. The molecule has 2 fully saturated rings. The molecule has 98 valence electrons. The lowest BCUT2D eigenvalue weighted by Gasteiger charge is -2.45. The molecule has 2 saturated heterocycles. The highest BCUT2D eigenvalue weighted by molar-refractivity contribution is 5.29. The quantitative estimate of drug-likeness (QED) is 0.888. The molecular weight excluding hydrogens is 229 g/mol. The van der Waals surface area contributed by atoms with Crippen LogP contribution in [0.15, 0.2) is 24.3 Å². The van der Waals surface area contributed by atoms with E-state index in [2.05, 4.69) is 5.32 Å². The van der Waals surface area contributed by atoms with Gasteiger partial charge < -0.3 is 10.1 Å². The molecule has 0 unspecified atom stereocenters. The maximum atomic E-state index is 14.0. The fraction of sp³-hybridized carbons (Fsp3) is 0.600. The Morgan fingerprint density at radius 2 is 1.94 bits per heavy atom. The second kappa shape index (κ2) is 4.98. The number of piperidine rings is 1. The van der Waals surface area contributed by atoms with E-state index < -0.39 is 0 Å². The molecule has 2 heterocycles. The van der Waals surface area contributed by atoms with Crippen LogP contribution >= 0.6 is 0 Å². The molecule has 2 aliphatic rings. The minimum absolute atomic E-state index is 0.0622. The van der Waals surface area contributed by atoms with Crippen molar-refractivity contribution >= 4 is 0 Å². The van der Waals surface area contributed by atoms with E-state index in [-0.39, 0.29) is 11.2 Å². The highest BCUT2D eigenvalue weighted by Gasteiger charge is 2.43. The molecule has 3 rings (SSSR count). The summed E-state index contributed by atoms with van der Waals surface area (Å²) in [4.78, 5) is 0. The summed E-state index contributed by atoms with van der Waals surface area (Å²) in [6.45, 7) is 3.55. The largest absolute Gasteiger partial charge is 0.379 e. The van der Waals surface area contributed by atoms with E-state index in [0.717, 1.165) is 25.1 Å². The number of nitrogens with one attached hydrogen (secondary N) is 1. The van der Waals surface area contributed by atoms with Gasteiger partial charge in [0.05, 0.1) is 13.2 Å². The van der Waals surface area contributed by atoms with Crippen LogP contribution in [0.5, 0.6) is 0 Å². The third-order valence-electron chi connectivity index (χ3n) is 4.34. The summed E-state index contributed by atoms with van der Waals surface area (Å²) in [6, 6.07) is 7.19. The molecule has 0 aromatic heterocycles. The van der Waals surface area contributed by atoms with Gasteiger partial charge in [0.1, 0.15) is 5.82 Å². The van der Waals surface area contributed by atoms with Gasteiger partial charge in [-0.25, -0.2) is 4.39 Å². The van der Waals surface area contributed by atoms with Crippen molar-refractivity contribution < 1.29 is 9.13 Å². The van der Waals surface area contributed by atoms with Gasteiger partial charge in [-0.05, 0) is 49.9 Å². The Hall–Kier alpha value is -0.930. The number of hydrogen-bond donors (Lipinski definition) is 1. The lowest BCUT2D eigenvalue weighted by molar-refractivity contribution is -0.0746. The summed E-state index contributed by atoms with van der Waals surface area (Å²) < 4.78 is 19.4. The van der Waals surface area contributed by atoms with Crippen LogP contribution in [0, 0.1) is 11.7 Å². The summed E-state index contributed by atoms with van der Waals surface area (Å²) in [5.74, 6) is 0.629. The average Bonchev–Trinajstić information content (AvgIpc) is 2.36. The van der Waals surface area contributed by atoms with Crippen LogP contribution in [0.1, 0.15) is 24.8 Å². The Labute approximate surface area is 108 Å². The Balaban J connectivity index is 1.79. The zero-order valence-electron chi connectivity index (χ0n) is 10.6. The van der Waals surface area contributed by atoms with Gasteiger partial charge in [0.2, 0.25) is 0 Å². The van der Waals surface area contributed by atoms with Gasteiger partial charge >= 0.3 is 0 Å². The number of hydrogen-bond acceptors (Lipinski definition) is 2. The second-order valence-electron chi connectivity index (χ2n) is 5.65. The predicted molar refractivity (Wildman–Crippen MR) is 69.1 cm³/mol. The van der Waals surface area contributed by atoms with Crippen LogP contribution in [-0.4, -0.2) is 26.3 Å². The highest BCUT2D eigenvalue weighted by atomic mass is 19.1. The first-order valence-electron chi connectivity index (χ1n) is 6.84. The van der Waals surface area contributed by atoms with Crippen molar-refractivity contribution in [2.24, 2.45) is 5.92 Å². The van der Waals surface area contributed by atoms with Crippen LogP contribution < -0.4 is 5.32 Å². The van der Waals surface area contributed by atoms with Gasteiger partial charge in [-0.15, -0.1) is 0 Å². The molecular formula is C15H20FNO. The molecule has 3 heteroatoms. The predicted octanol–water partition coefficient (Wildman–Crippen LogP) is 2.48. The lowest BCUT2D eigenvalue weighted by Crippen LogP contribution is -2.49. The molecule has 0 amide bonds. The van der Waals surface area contributed by atoms with Crippen molar-refractivity contribution in [1.29, 1.82) is 0 Å². The third kappa shape index (κ3) is 2.17. The van der Waals surface area contributed by atoms with E-state index in [9.17, 15) is 4.39 Å². The molecule has 1 aromatic rings. The SMILES string of the molecule is Fc1ccccc1C1(CC2CCNCC2)COC1. The lowest BCUT2D eigenvalue weighted by atomic mass is 9.70. The maximum Gasteiger partial charge on any atom is 0.127 e. The van der Waals surface area contributed by atoms with Crippen LogP contribution in [-0.2, 0) is 10.2 Å². The zero-order chi connectivity index (χ0) is 12.4. The van der Waals surface area contributed by atoms with Gasteiger partial charge in [0.15, 0.2) is 0 Å². The van der Waals surface area contributed by atoms with Crippen molar-refractivity contribution in [2.75, 3.05) is 26.3 Å². The molecule has 1 N–H and O–H groups in total. The van der Waals surface area contributed by atoms with Crippen molar-refractivity contribution in [3.63, 3.8) is 0 Å². The third-order valence-corrected chi connectivity index (χ3v) is 4.34. The van der Waals surface area contributed by atoms with Gasteiger partial charge in [0, 0.05) is 5.41 Å². The molecule has 18 heavy (non-hydrogen) atoms. The first kappa shape index (κ1) is 12.1. The van der Waals surface area contributed by atoms with Crippen molar-refractivity contribution in [2.45, 2.75) is 24.7 Å². The minimum Gasteiger partial charge on any atom is -0.379 e. The van der Waals surface area contributed by atoms with Gasteiger partial charge in [-0.1, -0.05) is 18.2 Å². The van der Waals surface area contributed by atoms with E-state index in [1.54, 1.807) is 12.1 Å². The van der Waals surface area contributed by atoms with E-state index in [1.807, 2.05) is 12.1 Å². The van der Waals surface area contributed by atoms with Crippen molar-refractivity contribution in [3.8, 4) is 0 Å². The first-order chi connectivity index (χ1) is 8.80. The normalized spacial score (nSPS) is 23.6. The van der Waals surface area contributed by atoms with Crippen LogP contribution in [0.2, 0.25) is 0 Å². The number of benzene rings is 1. The summed E-state index contributed by atoms with van der Waals surface area (Å²) in [7, 11) is 0. The second-order valence-corrected chi connectivity index (χ2v) is 5.65. The van der Waals surface area contributed by atoms with Crippen molar-refractivity contribution in [1.82, 2.24) is 5.32 Å². The van der Waals surface area contributed by atoms with E-state index >= 15 is 0 Å². The van der Waals surface area contributed by atoms with Crippen LogP contribution in [0.3, 0.4) is 0 Å². The molecule has 0 spiro atoms. The van der Waals surface area contributed by atoms with Crippen molar-refractivity contribution in [3.05, 3.63) is 35.6 Å². The molecule has 0 saturated carbocycles. The van der Waals surface area contributed by atoms with Gasteiger partial charge in [-0.3, -0.25) is 0 Å². The van der Waals surface area contributed by atoms with Crippen LogP contribution in [0.4, 0.5) is 4.39 Å². The highest BCUT2D eigenvalue weighted by Crippen LogP contribution is 2.41. The van der Waals surface area contributed by atoms with E-state index in [4.69, 9.17) is 4.74 Å². The molecule has 2 aliphatic heterocycles. The fourth-order valence-electron chi connectivity index (χ4n) is 3.26. The Morgan fingerprint density at radius 1 is 1.22 bits per heavy atom. The van der Waals surface area contributed by atoms with Gasteiger partial charge in [0.25, 0.3) is 0 Å². The number of rotatable bonds is 3. The molecule has 0 aliphatic carbocycles. The maximum absolute atomic E-state index is 14.0. The minimum atomic E-state index is -0.0743. The summed E-state index contributed by atoms with van der Waals surface area (Å²) in [6.07, 6.45) is 3.47.